The summed E-state index contributed by atoms with van der Waals surface area (Å²) >= 11 is 0. The summed E-state index contributed by atoms with van der Waals surface area (Å²) < 4.78 is 4.74. The molecular formula is C14H15NO3. The first kappa shape index (κ1) is 12.4. The van der Waals surface area contributed by atoms with Crippen LogP contribution in [-0.4, -0.2) is 30.4 Å². The molecule has 0 fully saturated rings. The molecule has 1 amide bonds. The SMILES string of the molecule is COC(=O)[C@H]1CCC=C(c2ccccc2)N1C=O. The van der Waals surface area contributed by atoms with E-state index in [0.29, 0.717) is 12.8 Å². The van der Waals surface area contributed by atoms with Gasteiger partial charge in [0, 0.05) is 5.70 Å². The van der Waals surface area contributed by atoms with Crippen LogP contribution in [0.4, 0.5) is 0 Å². The molecule has 1 heterocycles. The predicted molar refractivity (Wildman–Crippen MR) is 67.4 cm³/mol. The molecule has 0 saturated heterocycles. The van der Waals surface area contributed by atoms with E-state index >= 15 is 0 Å². The van der Waals surface area contributed by atoms with E-state index in [1.165, 1.54) is 12.0 Å². The molecule has 1 aliphatic rings. The van der Waals surface area contributed by atoms with E-state index in [1.54, 1.807) is 0 Å². The standard InChI is InChI=1S/C14H15NO3/c1-18-14(17)13-9-5-8-12(15(13)10-16)11-6-3-2-4-7-11/h2-4,6-8,10,13H,5,9H2,1H3/t13-/m1/s1. The van der Waals surface area contributed by atoms with E-state index in [4.69, 9.17) is 4.74 Å². The Labute approximate surface area is 106 Å². The van der Waals surface area contributed by atoms with Gasteiger partial charge in [0.15, 0.2) is 0 Å². The third kappa shape index (κ3) is 2.27. The van der Waals surface area contributed by atoms with Gasteiger partial charge < -0.3 is 9.64 Å². The van der Waals surface area contributed by atoms with Crippen LogP contribution in [0.25, 0.3) is 5.70 Å². The maximum Gasteiger partial charge on any atom is 0.328 e. The van der Waals surface area contributed by atoms with Crippen LogP contribution in [0.1, 0.15) is 18.4 Å². The minimum absolute atomic E-state index is 0.372. The molecule has 18 heavy (non-hydrogen) atoms. The van der Waals surface area contributed by atoms with Gasteiger partial charge in [-0.3, -0.25) is 4.79 Å². The lowest BCUT2D eigenvalue weighted by molar-refractivity contribution is -0.148. The number of amides is 1. The number of benzene rings is 1. The molecule has 1 atom stereocenters. The number of rotatable bonds is 3. The molecule has 4 nitrogen and oxygen atoms in total. The van der Waals surface area contributed by atoms with Crippen LogP contribution in [0.2, 0.25) is 0 Å². The lowest BCUT2D eigenvalue weighted by Gasteiger charge is -2.31. The van der Waals surface area contributed by atoms with Crippen molar-refractivity contribution < 1.29 is 14.3 Å². The molecule has 1 aliphatic heterocycles. The Morgan fingerprint density at radius 3 is 2.72 bits per heavy atom. The smallest absolute Gasteiger partial charge is 0.328 e. The number of methoxy groups -OCH3 is 1. The van der Waals surface area contributed by atoms with Gasteiger partial charge in [-0.1, -0.05) is 36.4 Å². The van der Waals surface area contributed by atoms with Gasteiger partial charge in [0.05, 0.1) is 7.11 Å². The second-order valence-corrected chi connectivity index (χ2v) is 4.08. The zero-order valence-corrected chi connectivity index (χ0v) is 10.2. The van der Waals surface area contributed by atoms with Crippen LogP contribution in [-0.2, 0) is 14.3 Å². The molecule has 0 saturated carbocycles. The summed E-state index contributed by atoms with van der Waals surface area (Å²) in [5.41, 5.74) is 1.70. The van der Waals surface area contributed by atoms with E-state index in [1.807, 2.05) is 36.4 Å². The summed E-state index contributed by atoms with van der Waals surface area (Å²) in [4.78, 5) is 24.4. The summed E-state index contributed by atoms with van der Waals surface area (Å²) in [6, 6.07) is 9.04. The molecule has 4 heteroatoms. The van der Waals surface area contributed by atoms with E-state index in [-0.39, 0.29) is 5.97 Å². The van der Waals surface area contributed by atoms with Crippen LogP contribution < -0.4 is 0 Å². The van der Waals surface area contributed by atoms with Crippen LogP contribution in [0.15, 0.2) is 36.4 Å². The lowest BCUT2D eigenvalue weighted by Crippen LogP contribution is -2.41. The Kier molecular flexibility index (Phi) is 3.77. The van der Waals surface area contributed by atoms with E-state index in [0.717, 1.165) is 17.7 Å². The van der Waals surface area contributed by atoms with Gasteiger partial charge in [-0.05, 0) is 18.4 Å². The highest BCUT2D eigenvalue weighted by Crippen LogP contribution is 2.27. The number of ether oxygens (including phenoxy) is 1. The first-order valence-electron chi connectivity index (χ1n) is 5.85. The molecule has 0 N–H and O–H groups in total. The third-order valence-corrected chi connectivity index (χ3v) is 3.05. The molecule has 1 aromatic carbocycles. The summed E-state index contributed by atoms with van der Waals surface area (Å²) in [6.07, 6.45) is 4.03. The van der Waals surface area contributed by atoms with Crippen molar-refractivity contribution in [3.63, 3.8) is 0 Å². The molecular weight excluding hydrogens is 230 g/mol. The normalized spacial score (nSPS) is 19.1. The van der Waals surface area contributed by atoms with Gasteiger partial charge >= 0.3 is 5.97 Å². The van der Waals surface area contributed by atoms with E-state index < -0.39 is 6.04 Å². The van der Waals surface area contributed by atoms with Crippen molar-refractivity contribution in [1.29, 1.82) is 0 Å². The van der Waals surface area contributed by atoms with Crippen LogP contribution >= 0.6 is 0 Å². The Hall–Kier alpha value is -2.10. The zero-order valence-electron chi connectivity index (χ0n) is 10.2. The van der Waals surface area contributed by atoms with E-state index in [9.17, 15) is 9.59 Å². The second kappa shape index (κ2) is 5.49. The molecule has 2 rings (SSSR count). The van der Waals surface area contributed by atoms with Crippen molar-refractivity contribution >= 4 is 18.1 Å². The van der Waals surface area contributed by atoms with Gasteiger partial charge in [-0.2, -0.15) is 0 Å². The molecule has 0 spiro atoms. The predicted octanol–water partition coefficient (Wildman–Crippen LogP) is 1.82. The number of carbonyl (C=O) groups excluding carboxylic acids is 2. The number of hydrogen-bond donors (Lipinski definition) is 0. The Balaban J connectivity index is 2.33. The highest BCUT2D eigenvalue weighted by Gasteiger charge is 2.31. The topological polar surface area (TPSA) is 46.6 Å². The van der Waals surface area contributed by atoms with Crippen molar-refractivity contribution in [2.75, 3.05) is 7.11 Å². The highest BCUT2D eigenvalue weighted by atomic mass is 16.5. The molecule has 0 bridgehead atoms. The Morgan fingerprint density at radius 2 is 2.11 bits per heavy atom. The van der Waals surface area contributed by atoms with Crippen molar-refractivity contribution in [2.45, 2.75) is 18.9 Å². The monoisotopic (exact) mass is 245 g/mol. The van der Waals surface area contributed by atoms with Crippen molar-refractivity contribution in [1.82, 2.24) is 4.90 Å². The van der Waals surface area contributed by atoms with Gasteiger partial charge in [0.25, 0.3) is 0 Å². The maximum absolute atomic E-state index is 11.7. The third-order valence-electron chi connectivity index (χ3n) is 3.05. The molecule has 1 aromatic rings. The number of allylic oxidation sites excluding steroid dienone is 1. The van der Waals surface area contributed by atoms with Crippen LogP contribution in [0.3, 0.4) is 0 Å². The number of carbonyl (C=O) groups is 2. The molecule has 94 valence electrons. The highest BCUT2D eigenvalue weighted by molar-refractivity contribution is 5.85. The quantitative estimate of drug-likeness (QED) is 0.603. The average Bonchev–Trinajstić information content (AvgIpc) is 2.46. The minimum Gasteiger partial charge on any atom is -0.467 e. The molecule has 0 aliphatic carbocycles. The van der Waals surface area contributed by atoms with Crippen molar-refractivity contribution in [3.8, 4) is 0 Å². The molecule has 0 unspecified atom stereocenters. The summed E-state index contributed by atoms with van der Waals surface area (Å²) in [6.45, 7) is 0. The molecule has 0 radical (unpaired) electrons. The zero-order chi connectivity index (χ0) is 13.0. The summed E-state index contributed by atoms with van der Waals surface area (Å²) in [5.74, 6) is -0.372. The first-order valence-corrected chi connectivity index (χ1v) is 5.85. The fraction of sp³-hybridized carbons (Fsp3) is 0.286. The Morgan fingerprint density at radius 1 is 1.39 bits per heavy atom. The molecule has 0 aromatic heterocycles. The maximum atomic E-state index is 11.7. The number of nitrogens with zero attached hydrogens (tertiary/aromatic N) is 1. The van der Waals surface area contributed by atoms with Gasteiger partial charge in [-0.15, -0.1) is 0 Å². The number of esters is 1. The fourth-order valence-corrected chi connectivity index (χ4v) is 2.16. The average molecular weight is 245 g/mol. The van der Waals surface area contributed by atoms with Crippen LogP contribution in [0.5, 0.6) is 0 Å². The van der Waals surface area contributed by atoms with Crippen LogP contribution in [0, 0.1) is 0 Å². The lowest BCUT2D eigenvalue weighted by atomic mass is 10.00. The van der Waals surface area contributed by atoms with Gasteiger partial charge in [-0.25, -0.2) is 4.79 Å². The van der Waals surface area contributed by atoms with Gasteiger partial charge in [0.2, 0.25) is 6.41 Å². The summed E-state index contributed by atoms with van der Waals surface area (Å²) in [5, 5.41) is 0. The first-order chi connectivity index (χ1) is 8.77. The fourth-order valence-electron chi connectivity index (χ4n) is 2.16. The Bertz CT molecular complexity index is 467. The van der Waals surface area contributed by atoms with Crippen molar-refractivity contribution in [3.05, 3.63) is 42.0 Å². The number of hydrogen-bond acceptors (Lipinski definition) is 3. The second-order valence-electron chi connectivity index (χ2n) is 4.08. The summed E-state index contributed by atoms with van der Waals surface area (Å²) in [7, 11) is 1.34. The minimum atomic E-state index is -0.521. The van der Waals surface area contributed by atoms with Gasteiger partial charge in [0.1, 0.15) is 6.04 Å². The van der Waals surface area contributed by atoms with E-state index in [2.05, 4.69) is 0 Å². The van der Waals surface area contributed by atoms with Crippen molar-refractivity contribution in [2.24, 2.45) is 0 Å². The largest absolute Gasteiger partial charge is 0.467 e.